The zero-order chi connectivity index (χ0) is 29.5. The molecule has 1 aliphatic heterocycles. The van der Waals surface area contributed by atoms with Crippen molar-refractivity contribution in [3.8, 4) is 11.3 Å². The fraction of sp³-hybridized carbons (Fsp3) is 0.395. The Balaban J connectivity index is 1.44. The van der Waals surface area contributed by atoms with Crippen LogP contribution in [0.4, 0.5) is 0 Å². The van der Waals surface area contributed by atoms with E-state index in [4.69, 9.17) is 4.42 Å². The van der Waals surface area contributed by atoms with Gasteiger partial charge in [0.25, 0.3) is 0 Å². The summed E-state index contributed by atoms with van der Waals surface area (Å²) in [7, 11) is 2.01. The largest absolute Gasteiger partial charge is 0.422 e. The minimum Gasteiger partial charge on any atom is -0.422 e. The third kappa shape index (κ3) is 4.30. The molecule has 6 rings (SSSR count). The van der Waals surface area contributed by atoms with Crippen LogP contribution in [-0.4, -0.2) is 0 Å². The zero-order valence-corrected chi connectivity index (χ0v) is 25.9. The normalized spacial score (nSPS) is 19.6. The number of aryl methyl sites for hydroxylation is 3. The van der Waals surface area contributed by atoms with Crippen molar-refractivity contribution >= 4 is 21.9 Å². The van der Waals surface area contributed by atoms with E-state index in [1.54, 1.807) is 0 Å². The van der Waals surface area contributed by atoms with Gasteiger partial charge in [-0.05, 0) is 73.9 Å². The van der Waals surface area contributed by atoms with Crippen molar-refractivity contribution in [1.82, 2.24) is 0 Å². The predicted octanol–water partition coefficient (Wildman–Crippen LogP) is 7.88. The number of aromatic nitrogens is 2. The molecule has 3 aromatic heterocycles. The molecule has 0 bridgehead atoms. The first-order valence-corrected chi connectivity index (χ1v) is 15.9. The molecule has 1 aliphatic rings. The van der Waals surface area contributed by atoms with E-state index in [9.17, 15) is 4.79 Å². The number of nitrogens with zero attached hydrogens (tertiary/aromatic N) is 2. The Morgan fingerprint density at radius 3 is 2.48 bits per heavy atom. The Labute approximate surface area is 249 Å². The maximum atomic E-state index is 12.8. The summed E-state index contributed by atoms with van der Waals surface area (Å²) in [5.41, 5.74) is 8.17. The molecule has 2 unspecified atom stereocenters. The molecule has 2 aromatic carbocycles. The monoisotopic (exact) mass is 560 g/mol. The Morgan fingerprint density at radius 2 is 1.69 bits per heavy atom. The molecule has 0 spiro atoms. The van der Waals surface area contributed by atoms with Crippen molar-refractivity contribution in [3.63, 3.8) is 0 Å². The van der Waals surface area contributed by atoms with Crippen LogP contribution in [0.5, 0.6) is 0 Å². The van der Waals surface area contributed by atoms with Crippen LogP contribution < -0.4 is 14.8 Å². The summed E-state index contributed by atoms with van der Waals surface area (Å²) in [6.45, 7) is 9.50. The number of benzene rings is 2. The van der Waals surface area contributed by atoms with Crippen molar-refractivity contribution in [1.29, 1.82) is 0 Å². The van der Waals surface area contributed by atoms with E-state index in [0.717, 1.165) is 49.4 Å². The fourth-order valence-electron chi connectivity index (χ4n) is 7.97. The lowest BCUT2D eigenvalue weighted by Gasteiger charge is -2.48. The summed E-state index contributed by atoms with van der Waals surface area (Å²) in [6, 6.07) is 23.9. The first-order chi connectivity index (χ1) is 20.4. The highest BCUT2D eigenvalue weighted by Gasteiger charge is 2.58. The quantitative estimate of drug-likeness (QED) is 0.104. The van der Waals surface area contributed by atoms with E-state index in [0.29, 0.717) is 11.0 Å². The molecular formula is C38H44N2O2+2. The SMILES string of the molecule is CCCCc1cc[n+]2c(c1)-c1ccccc1C(C)(CC)C2(CC)CCCc1cccc2oc(=O)c3ccc[n+](C)c3c12. The molecule has 0 radical (unpaired) electrons. The maximum Gasteiger partial charge on any atom is 0.350 e. The molecule has 2 atom stereocenters. The fourth-order valence-corrected chi connectivity index (χ4v) is 7.97. The first kappa shape index (κ1) is 28.3. The van der Waals surface area contributed by atoms with Crippen LogP contribution in [-0.2, 0) is 30.8 Å². The molecular weight excluding hydrogens is 516 g/mol. The van der Waals surface area contributed by atoms with E-state index in [1.807, 2.05) is 37.5 Å². The Bertz CT molecular complexity index is 1840. The lowest BCUT2D eigenvalue weighted by atomic mass is 9.58. The second-order valence-corrected chi connectivity index (χ2v) is 12.4. The van der Waals surface area contributed by atoms with Gasteiger partial charge in [-0.25, -0.2) is 9.36 Å². The molecule has 0 aliphatic carbocycles. The number of fused-ring (bicyclic) bond motifs is 6. The Hall–Kier alpha value is -3.79. The maximum absolute atomic E-state index is 12.8. The van der Waals surface area contributed by atoms with Gasteiger partial charge in [-0.2, -0.15) is 4.57 Å². The molecule has 216 valence electrons. The molecule has 0 saturated heterocycles. The molecule has 0 amide bonds. The second-order valence-electron chi connectivity index (χ2n) is 12.4. The van der Waals surface area contributed by atoms with Gasteiger partial charge in [-0.15, -0.1) is 0 Å². The van der Waals surface area contributed by atoms with Crippen LogP contribution >= 0.6 is 0 Å². The van der Waals surface area contributed by atoms with Crippen LogP contribution in [0.1, 0.15) is 82.9 Å². The third-order valence-electron chi connectivity index (χ3n) is 10.4. The molecule has 4 heterocycles. The van der Waals surface area contributed by atoms with Gasteiger partial charge in [-0.1, -0.05) is 57.5 Å². The van der Waals surface area contributed by atoms with Gasteiger partial charge in [-0.3, -0.25) is 0 Å². The van der Waals surface area contributed by atoms with Crippen molar-refractivity contribution in [2.45, 2.75) is 90.0 Å². The minimum absolute atomic E-state index is 0.00830. The molecule has 42 heavy (non-hydrogen) atoms. The van der Waals surface area contributed by atoms with E-state index in [-0.39, 0.29) is 16.6 Å². The van der Waals surface area contributed by atoms with Crippen LogP contribution in [0.2, 0.25) is 0 Å². The Morgan fingerprint density at radius 1 is 0.857 bits per heavy atom. The van der Waals surface area contributed by atoms with E-state index in [2.05, 4.69) is 85.5 Å². The van der Waals surface area contributed by atoms with E-state index >= 15 is 0 Å². The number of hydrogen-bond acceptors (Lipinski definition) is 2. The van der Waals surface area contributed by atoms with Gasteiger partial charge in [0.2, 0.25) is 11.2 Å². The second kappa shape index (κ2) is 11.1. The Kier molecular flexibility index (Phi) is 7.51. The molecule has 4 heteroatoms. The van der Waals surface area contributed by atoms with Crippen molar-refractivity contribution < 1.29 is 13.6 Å². The summed E-state index contributed by atoms with van der Waals surface area (Å²) in [5, 5.41) is 1.69. The summed E-state index contributed by atoms with van der Waals surface area (Å²) in [4.78, 5) is 12.8. The molecule has 0 fully saturated rings. The van der Waals surface area contributed by atoms with Gasteiger partial charge in [0.15, 0.2) is 17.9 Å². The predicted molar refractivity (Wildman–Crippen MR) is 171 cm³/mol. The first-order valence-electron chi connectivity index (χ1n) is 15.9. The average molecular weight is 561 g/mol. The summed E-state index contributed by atoms with van der Waals surface area (Å²) in [5.74, 6) is 0. The molecule has 0 N–H and O–H groups in total. The van der Waals surface area contributed by atoms with E-state index < -0.39 is 0 Å². The highest BCUT2D eigenvalue weighted by atomic mass is 16.4. The lowest BCUT2D eigenvalue weighted by Crippen LogP contribution is -2.69. The number of hydrogen-bond donors (Lipinski definition) is 0. The minimum atomic E-state index is -0.276. The van der Waals surface area contributed by atoms with Crippen LogP contribution in [0.25, 0.3) is 33.1 Å². The zero-order valence-electron chi connectivity index (χ0n) is 25.9. The standard InChI is InChI=1S/C38H44N2O2/c1-6-9-15-27-22-25-40-32(26-27)29-18-10-11-20-31(29)37(4,7-2)38(40,8-3)23-13-17-28-16-12-21-33-34(28)35-30(36(41)42-33)19-14-24-39(35)5/h10-12,14,16,18-22,24-26H,6-9,13,15,17,23H2,1-5H3/q+2. The van der Waals surface area contributed by atoms with Crippen molar-refractivity contribution in [2.75, 3.05) is 0 Å². The molecule has 0 saturated carbocycles. The van der Waals surface area contributed by atoms with Gasteiger partial charge < -0.3 is 4.42 Å². The lowest BCUT2D eigenvalue weighted by molar-refractivity contribution is -0.770. The third-order valence-corrected chi connectivity index (χ3v) is 10.4. The highest BCUT2D eigenvalue weighted by Crippen LogP contribution is 2.51. The topological polar surface area (TPSA) is 38.0 Å². The number of unbranched alkanes of at least 4 members (excludes halogenated alkanes) is 1. The summed E-state index contributed by atoms with van der Waals surface area (Å²) < 4.78 is 10.5. The highest BCUT2D eigenvalue weighted by molar-refractivity contribution is 6.01. The van der Waals surface area contributed by atoms with Gasteiger partial charge >= 0.3 is 5.63 Å². The number of pyridine rings is 2. The average Bonchev–Trinajstić information content (AvgIpc) is 3.02. The van der Waals surface area contributed by atoms with Crippen LogP contribution in [0, 0.1) is 0 Å². The van der Waals surface area contributed by atoms with Crippen molar-refractivity contribution in [2.24, 2.45) is 7.05 Å². The van der Waals surface area contributed by atoms with Gasteiger partial charge in [0, 0.05) is 31.0 Å². The molecule has 4 nitrogen and oxygen atoms in total. The van der Waals surface area contributed by atoms with Gasteiger partial charge in [0.1, 0.15) is 18.0 Å². The number of rotatable bonds is 9. The van der Waals surface area contributed by atoms with Crippen LogP contribution in [0.15, 0.2) is 88.3 Å². The van der Waals surface area contributed by atoms with Crippen LogP contribution in [0.3, 0.4) is 0 Å². The molecule has 5 aromatic rings. The van der Waals surface area contributed by atoms with Gasteiger partial charge in [0.05, 0.1) is 16.4 Å². The van der Waals surface area contributed by atoms with E-state index in [1.165, 1.54) is 40.8 Å². The summed E-state index contributed by atoms with van der Waals surface area (Å²) in [6.07, 6.45) is 13.1. The smallest absolute Gasteiger partial charge is 0.350 e. The van der Waals surface area contributed by atoms with Crippen molar-refractivity contribution in [3.05, 3.63) is 106 Å². The summed E-state index contributed by atoms with van der Waals surface area (Å²) >= 11 is 0.